The predicted molar refractivity (Wildman–Crippen MR) is 91.7 cm³/mol. The van der Waals surface area contributed by atoms with Crippen LogP contribution in [0.2, 0.25) is 0 Å². The molecule has 1 amide bonds. The molecule has 1 saturated heterocycles. The highest BCUT2D eigenvalue weighted by Crippen LogP contribution is 2.29. The van der Waals surface area contributed by atoms with Crippen molar-refractivity contribution in [2.24, 2.45) is 0 Å². The largest absolute Gasteiger partial charge is 0.493 e. The van der Waals surface area contributed by atoms with Crippen LogP contribution < -0.4 is 14.2 Å². The van der Waals surface area contributed by atoms with Gasteiger partial charge in [0.2, 0.25) is 15.9 Å². The Morgan fingerprint density at radius 3 is 2.58 bits per heavy atom. The van der Waals surface area contributed by atoms with Crippen molar-refractivity contribution in [3.8, 4) is 11.5 Å². The quantitative estimate of drug-likeness (QED) is 0.697. The molecule has 0 aromatic heterocycles. The zero-order valence-electron chi connectivity index (χ0n) is 14.6. The van der Waals surface area contributed by atoms with Gasteiger partial charge in [-0.1, -0.05) is 0 Å². The molecule has 144 valence electrons. The van der Waals surface area contributed by atoms with Crippen molar-refractivity contribution in [1.82, 2.24) is 9.62 Å². The van der Waals surface area contributed by atoms with Crippen LogP contribution in [0.25, 0.3) is 0 Å². The SMILES string of the molecule is COc1ccc(S(=O)(=O)NC2CCCCN(CC(=O)O)C2=O)cc1OC. The van der Waals surface area contributed by atoms with Crippen LogP contribution in [0.3, 0.4) is 0 Å². The number of benzene rings is 1. The molecule has 2 rings (SSSR count). The van der Waals surface area contributed by atoms with Crippen molar-refractivity contribution in [2.75, 3.05) is 27.3 Å². The molecule has 26 heavy (non-hydrogen) atoms. The first kappa shape index (κ1) is 20.0. The van der Waals surface area contributed by atoms with E-state index in [9.17, 15) is 18.0 Å². The lowest BCUT2D eigenvalue weighted by Crippen LogP contribution is -2.48. The molecule has 0 saturated carbocycles. The van der Waals surface area contributed by atoms with Crippen LogP contribution in [0.1, 0.15) is 19.3 Å². The minimum atomic E-state index is -4.00. The van der Waals surface area contributed by atoms with Gasteiger partial charge in [0.25, 0.3) is 0 Å². The molecule has 1 heterocycles. The number of carboxylic acids is 1. The second-order valence-corrected chi connectivity index (χ2v) is 7.55. The zero-order chi connectivity index (χ0) is 19.3. The van der Waals surface area contributed by atoms with E-state index in [1.807, 2.05) is 0 Å². The second kappa shape index (κ2) is 8.37. The molecule has 2 N–H and O–H groups in total. The number of methoxy groups -OCH3 is 2. The van der Waals surface area contributed by atoms with Crippen molar-refractivity contribution in [1.29, 1.82) is 0 Å². The lowest BCUT2D eigenvalue weighted by Gasteiger charge is -2.23. The number of hydrogen-bond acceptors (Lipinski definition) is 6. The Hall–Kier alpha value is -2.33. The Bertz CT molecular complexity index is 779. The standard InChI is InChI=1S/C16H22N2O7S/c1-24-13-7-6-11(9-14(13)25-2)26(22,23)17-12-5-3-4-8-18(16(12)21)10-15(19)20/h6-7,9,12,17H,3-5,8,10H2,1-2H3,(H,19,20). The van der Waals surface area contributed by atoms with E-state index in [2.05, 4.69) is 4.72 Å². The first-order chi connectivity index (χ1) is 12.3. The van der Waals surface area contributed by atoms with Gasteiger partial charge in [-0.15, -0.1) is 0 Å². The molecule has 0 bridgehead atoms. The van der Waals surface area contributed by atoms with Crippen molar-refractivity contribution >= 4 is 21.9 Å². The molecule has 0 radical (unpaired) electrons. The van der Waals surface area contributed by atoms with Crippen LogP contribution >= 0.6 is 0 Å². The molecule has 1 aliphatic rings. The summed E-state index contributed by atoms with van der Waals surface area (Å²) in [5, 5.41) is 8.92. The first-order valence-electron chi connectivity index (χ1n) is 8.03. The Morgan fingerprint density at radius 1 is 1.27 bits per heavy atom. The van der Waals surface area contributed by atoms with Crippen LogP contribution in [-0.4, -0.2) is 63.7 Å². The number of aliphatic carboxylic acids is 1. The molecular weight excluding hydrogens is 364 g/mol. The normalized spacial score (nSPS) is 18.3. The number of carbonyl (C=O) groups is 2. The van der Waals surface area contributed by atoms with Gasteiger partial charge in [0.15, 0.2) is 11.5 Å². The van der Waals surface area contributed by atoms with Gasteiger partial charge in [-0.25, -0.2) is 8.42 Å². The van der Waals surface area contributed by atoms with Gasteiger partial charge < -0.3 is 19.5 Å². The van der Waals surface area contributed by atoms with E-state index >= 15 is 0 Å². The lowest BCUT2D eigenvalue weighted by atomic mass is 10.1. The fourth-order valence-corrected chi connectivity index (χ4v) is 4.01. The summed E-state index contributed by atoms with van der Waals surface area (Å²) in [4.78, 5) is 24.5. The van der Waals surface area contributed by atoms with Crippen molar-refractivity contribution in [2.45, 2.75) is 30.2 Å². The summed E-state index contributed by atoms with van der Waals surface area (Å²) in [7, 11) is -1.17. The molecule has 0 spiro atoms. The van der Waals surface area contributed by atoms with E-state index in [1.165, 1.54) is 32.4 Å². The highest BCUT2D eigenvalue weighted by Gasteiger charge is 2.32. The molecule has 1 aromatic rings. The monoisotopic (exact) mass is 386 g/mol. The number of likely N-dealkylation sites (tertiary alicyclic amines) is 1. The van der Waals surface area contributed by atoms with E-state index in [0.29, 0.717) is 31.6 Å². The fraction of sp³-hybridized carbons (Fsp3) is 0.500. The summed E-state index contributed by atoms with van der Waals surface area (Å²) in [5.41, 5.74) is 0. The van der Waals surface area contributed by atoms with Crippen LogP contribution in [0.5, 0.6) is 11.5 Å². The van der Waals surface area contributed by atoms with E-state index in [4.69, 9.17) is 14.6 Å². The van der Waals surface area contributed by atoms with Gasteiger partial charge in [0, 0.05) is 12.6 Å². The third-order valence-electron chi connectivity index (χ3n) is 4.07. The number of ether oxygens (including phenoxy) is 2. The van der Waals surface area contributed by atoms with Crippen LogP contribution in [0, 0.1) is 0 Å². The predicted octanol–water partition coefficient (Wildman–Crippen LogP) is 0.448. The van der Waals surface area contributed by atoms with E-state index < -0.39 is 34.5 Å². The number of carboxylic acid groups (broad SMARTS) is 1. The van der Waals surface area contributed by atoms with Gasteiger partial charge in [-0.05, 0) is 31.4 Å². The Kier molecular flexibility index (Phi) is 6.43. The Morgan fingerprint density at radius 2 is 1.96 bits per heavy atom. The summed E-state index contributed by atoms with van der Waals surface area (Å²) >= 11 is 0. The molecule has 1 aromatic carbocycles. The molecular formula is C16H22N2O7S. The smallest absolute Gasteiger partial charge is 0.323 e. The number of hydrogen-bond donors (Lipinski definition) is 2. The third kappa shape index (κ3) is 4.64. The molecule has 1 fully saturated rings. The second-order valence-electron chi connectivity index (χ2n) is 5.84. The van der Waals surface area contributed by atoms with E-state index in [0.717, 1.165) is 4.90 Å². The molecule has 10 heteroatoms. The third-order valence-corrected chi connectivity index (χ3v) is 5.54. The number of nitrogens with zero attached hydrogens (tertiary/aromatic N) is 1. The first-order valence-corrected chi connectivity index (χ1v) is 9.51. The number of amides is 1. The highest BCUT2D eigenvalue weighted by atomic mass is 32.2. The van der Waals surface area contributed by atoms with Gasteiger partial charge in [-0.3, -0.25) is 9.59 Å². The molecule has 9 nitrogen and oxygen atoms in total. The van der Waals surface area contributed by atoms with Crippen molar-refractivity contribution in [3.05, 3.63) is 18.2 Å². The molecule has 1 aliphatic heterocycles. The van der Waals surface area contributed by atoms with Crippen LogP contribution in [0.4, 0.5) is 0 Å². The fourth-order valence-electron chi connectivity index (χ4n) is 2.77. The Balaban J connectivity index is 2.24. The summed E-state index contributed by atoms with van der Waals surface area (Å²) in [6, 6.07) is 3.10. The van der Waals surface area contributed by atoms with Crippen molar-refractivity contribution < 1.29 is 32.6 Å². The highest BCUT2D eigenvalue weighted by molar-refractivity contribution is 7.89. The average molecular weight is 386 g/mol. The van der Waals surface area contributed by atoms with E-state index in [-0.39, 0.29) is 10.6 Å². The maximum Gasteiger partial charge on any atom is 0.323 e. The number of nitrogens with one attached hydrogen (secondary N) is 1. The molecule has 1 unspecified atom stereocenters. The molecule has 0 aliphatic carbocycles. The topological polar surface area (TPSA) is 122 Å². The number of sulfonamides is 1. The Labute approximate surface area is 151 Å². The van der Waals surface area contributed by atoms with Crippen molar-refractivity contribution in [3.63, 3.8) is 0 Å². The maximum absolute atomic E-state index is 12.7. The zero-order valence-corrected chi connectivity index (χ0v) is 15.4. The summed E-state index contributed by atoms with van der Waals surface area (Å²) in [6.07, 6.45) is 1.54. The minimum Gasteiger partial charge on any atom is -0.493 e. The van der Waals surface area contributed by atoms with Gasteiger partial charge in [0.1, 0.15) is 12.6 Å². The van der Waals surface area contributed by atoms with Gasteiger partial charge >= 0.3 is 5.97 Å². The summed E-state index contributed by atoms with van der Waals surface area (Å²) in [6.45, 7) is -0.160. The van der Waals surface area contributed by atoms with Crippen LogP contribution in [-0.2, 0) is 19.6 Å². The average Bonchev–Trinajstić information content (AvgIpc) is 2.76. The summed E-state index contributed by atoms with van der Waals surface area (Å²) < 4.78 is 37.9. The van der Waals surface area contributed by atoms with Crippen LogP contribution in [0.15, 0.2) is 23.1 Å². The van der Waals surface area contributed by atoms with Gasteiger partial charge in [-0.2, -0.15) is 4.72 Å². The van der Waals surface area contributed by atoms with E-state index in [1.54, 1.807) is 0 Å². The number of carbonyl (C=O) groups excluding carboxylic acids is 1. The lowest BCUT2D eigenvalue weighted by molar-refractivity contribution is -0.144. The molecule has 1 atom stereocenters. The maximum atomic E-state index is 12.7. The minimum absolute atomic E-state index is 0.0722. The number of rotatable bonds is 7. The summed E-state index contributed by atoms with van der Waals surface area (Å²) in [5.74, 6) is -1.05. The van der Waals surface area contributed by atoms with Gasteiger partial charge in [0.05, 0.1) is 19.1 Å².